The lowest BCUT2D eigenvalue weighted by Crippen LogP contribution is -2.05. The van der Waals surface area contributed by atoms with Crippen LogP contribution in [0.15, 0.2) is 24.4 Å². The van der Waals surface area contributed by atoms with Crippen LogP contribution in [0.3, 0.4) is 0 Å². The van der Waals surface area contributed by atoms with Gasteiger partial charge in [0.2, 0.25) is 0 Å². The van der Waals surface area contributed by atoms with Crippen LogP contribution in [0, 0.1) is 0 Å². The van der Waals surface area contributed by atoms with E-state index in [1.807, 2.05) is 13.8 Å². The number of hydrogen-bond acceptors (Lipinski definition) is 4. The van der Waals surface area contributed by atoms with E-state index in [9.17, 15) is 9.90 Å². The van der Waals surface area contributed by atoms with Crippen molar-refractivity contribution < 1.29 is 19.7 Å². The van der Waals surface area contributed by atoms with Crippen molar-refractivity contribution in [1.82, 2.24) is 4.98 Å². The Labute approximate surface area is 104 Å². The Morgan fingerprint density at radius 1 is 1.39 bits per heavy atom. The number of aromatic nitrogens is 1. The molecule has 5 nitrogen and oxygen atoms in total. The van der Waals surface area contributed by atoms with Gasteiger partial charge in [-0.2, -0.15) is 0 Å². The minimum Gasteiger partial charge on any atom is -0.506 e. The highest BCUT2D eigenvalue weighted by Crippen LogP contribution is 2.30. The molecule has 0 saturated heterocycles. The highest BCUT2D eigenvalue weighted by atomic mass is 16.5. The van der Waals surface area contributed by atoms with Crippen LogP contribution in [0.5, 0.6) is 11.5 Å². The molecule has 0 aliphatic carbocycles. The van der Waals surface area contributed by atoms with Gasteiger partial charge in [0.15, 0.2) is 0 Å². The summed E-state index contributed by atoms with van der Waals surface area (Å²) in [5, 5.41) is 19.2. The number of carbonyl (C=O) groups is 1. The molecule has 2 aromatic rings. The number of carboxylic acids is 1. The molecule has 2 rings (SSSR count). The van der Waals surface area contributed by atoms with E-state index in [1.54, 1.807) is 18.2 Å². The van der Waals surface area contributed by atoms with Gasteiger partial charge in [0.25, 0.3) is 0 Å². The molecule has 0 radical (unpaired) electrons. The van der Waals surface area contributed by atoms with Gasteiger partial charge in [0, 0.05) is 11.6 Å². The number of pyridine rings is 1. The molecule has 0 unspecified atom stereocenters. The topological polar surface area (TPSA) is 79.7 Å². The third kappa shape index (κ3) is 2.20. The molecule has 0 saturated carbocycles. The number of benzene rings is 1. The van der Waals surface area contributed by atoms with Crippen LogP contribution in [0.4, 0.5) is 0 Å². The number of aromatic carboxylic acids is 1. The SMILES string of the molecule is CC(C)Oc1ccc2ncc(C(=O)O)c(O)c2c1. The van der Waals surface area contributed by atoms with Crippen LogP contribution < -0.4 is 4.74 Å². The lowest BCUT2D eigenvalue weighted by atomic mass is 10.1. The predicted octanol–water partition coefficient (Wildman–Crippen LogP) is 2.43. The van der Waals surface area contributed by atoms with Gasteiger partial charge in [0.1, 0.15) is 17.1 Å². The minimum absolute atomic E-state index is 0.000193. The van der Waals surface area contributed by atoms with E-state index in [1.165, 1.54) is 0 Å². The zero-order chi connectivity index (χ0) is 13.3. The van der Waals surface area contributed by atoms with Crippen molar-refractivity contribution in [2.24, 2.45) is 0 Å². The second-order valence-corrected chi connectivity index (χ2v) is 4.17. The summed E-state index contributed by atoms with van der Waals surface area (Å²) in [6.07, 6.45) is 1.14. The summed E-state index contributed by atoms with van der Waals surface area (Å²) in [7, 11) is 0. The molecule has 0 spiro atoms. The largest absolute Gasteiger partial charge is 0.506 e. The fourth-order valence-electron chi connectivity index (χ4n) is 1.66. The minimum atomic E-state index is -1.21. The molecule has 1 heterocycles. The monoisotopic (exact) mass is 247 g/mol. The number of ether oxygens (including phenoxy) is 1. The first-order chi connectivity index (χ1) is 8.49. The van der Waals surface area contributed by atoms with Crippen molar-refractivity contribution in [3.8, 4) is 11.5 Å². The van der Waals surface area contributed by atoms with E-state index in [0.29, 0.717) is 16.7 Å². The fraction of sp³-hybridized carbons (Fsp3) is 0.231. The second-order valence-electron chi connectivity index (χ2n) is 4.17. The van der Waals surface area contributed by atoms with Gasteiger partial charge in [-0.1, -0.05) is 0 Å². The van der Waals surface area contributed by atoms with E-state index >= 15 is 0 Å². The quantitative estimate of drug-likeness (QED) is 0.870. The van der Waals surface area contributed by atoms with Crippen LogP contribution in [0.1, 0.15) is 24.2 Å². The smallest absolute Gasteiger partial charge is 0.341 e. The first-order valence-electron chi connectivity index (χ1n) is 5.50. The Morgan fingerprint density at radius 2 is 2.11 bits per heavy atom. The van der Waals surface area contributed by atoms with Crippen molar-refractivity contribution in [2.75, 3.05) is 0 Å². The molecular weight excluding hydrogens is 234 g/mol. The van der Waals surface area contributed by atoms with Crippen molar-refractivity contribution >= 4 is 16.9 Å². The number of rotatable bonds is 3. The van der Waals surface area contributed by atoms with Crippen molar-refractivity contribution in [1.29, 1.82) is 0 Å². The zero-order valence-corrected chi connectivity index (χ0v) is 10.0. The summed E-state index contributed by atoms with van der Waals surface area (Å²) in [6.45, 7) is 3.77. The van der Waals surface area contributed by atoms with Crippen LogP contribution in [-0.2, 0) is 0 Å². The molecule has 18 heavy (non-hydrogen) atoms. The maximum absolute atomic E-state index is 10.9. The van der Waals surface area contributed by atoms with Gasteiger partial charge in [-0.25, -0.2) is 4.79 Å². The van der Waals surface area contributed by atoms with Gasteiger partial charge >= 0.3 is 5.97 Å². The molecule has 1 aromatic carbocycles. The Kier molecular flexibility index (Phi) is 3.06. The van der Waals surface area contributed by atoms with Gasteiger partial charge in [-0.05, 0) is 32.0 Å². The van der Waals surface area contributed by atoms with Gasteiger partial charge in [-0.3, -0.25) is 4.98 Å². The van der Waals surface area contributed by atoms with E-state index in [2.05, 4.69) is 4.98 Å². The summed E-state index contributed by atoms with van der Waals surface area (Å²) in [5.74, 6) is -0.934. The average molecular weight is 247 g/mol. The van der Waals surface area contributed by atoms with E-state index in [4.69, 9.17) is 9.84 Å². The third-order valence-electron chi connectivity index (χ3n) is 2.41. The first-order valence-corrected chi connectivity index (χ1v) is 5.50. The summed E-state index contributed by atoms with van der Waals surface area (Å²) >= 11 is 0. The predicted molar refractivity (Wildman–Crippen MR) is 66.1 cm³/mol. The number of nitrogens with zero attached hydrogens (tertiary/aromatic N) is 1. The molecule has 0 fully saturated rings. The zero-order valence-electron chi connectivity index (χ0n) is 10.0. The second kappa shape index (κ2) is 4.52. The molecule has 0 aliphatic heterocycles. The summed E-state index contributed by atoms with van der Waals surface area (Å²) in [6, 6.07) is 5.00. The maximum Gasteiger partial charge on any atom is 0.341 e. The highest BCUT2D eigenvalue weighted by molar-refractivity contribution is 5.98. The number of aromatic hydroxyl groups is 1. The molecule has 0 aliphatic rings. The van der Waals surface area contributed by atoms with Crippen molar-refractivity contribution in [3.05, 3.63) is 30.0 Å². The third-order valence-corrected chi connectivity index (χ3v) is 2.41. The fourth-order valence-corrected chi connectivity index (χ4v) is 1.66. The van der Waals surface area contributed by atoms with Crippen LogP contribution >= 0.6 is 0 Å². The normalized spacial score (nSPS) is 10.8. The number of hydrogen-bond donors (Lipinski definition) is 2. The lowest BCUT2D eigenvalue weighted by Gasteiger charge is -2.11. The molecular formula is C13H13NO4. The van der Waals surface area contributed by atoms with Crippen LogP contribution in [0.25, 0.3) is 10.9 Å². The summed E-state index contributed by atoms with van der Waals surface area (Å²) < 4.78 is 5.49. The standard InChI is InChI=1S/C13H13NO4/c1-7(2)18-8-3-4-11-9(5-8)12(15)10(6-14-11)13(16)17/h3-7H,1-2H3,(H,14,15)(H,16,17). The summed E-state index contributed by atoms with van der Waals surface area (Å²) in [5.41, 5.74) is 0.304. The molecule has 94 valence electrons. The highest BCUT2D eigenvalue weighted by Gasteiger charge is 2.14. The Morgan fingerprint density at radius 3 is 2.72 bits per heavy atom. The van der Waals surface area contributed by atoms with E-state index in [-0.39, 0.29) is 17.4 Å². The van der Waals surface area contributed by atoms with Crippen molar-refractivity contribution in [3.63, 3.8) is 0 Å². The van der Waals surface area contributed by atoms with Crippen LogP contribution in [-0.4, -0.2) is 27.3 Å². The lowest BCUT2D eigenvalue weighted by molar-refractivity contribution is 0.0693. The average Bonchev–Trinajstić information content (AvgIpc) is 2.29. The van der Waals surface area contributed by atoms with Gasteiger partial charge < -0.3 is 14.9 Å². The molecule has 2 N–H and O–H groups in total. The Balaban J connectivity index is 2.59. The Bertz CT molecular complexity index is 607. The molecule has 1 aromatic heterocycles. The molecule has 0 bridgehead atoms. The van der Waals surface area contributed by atoms with Gasteiger partial charge in [-0.15, -0.1) is 0 Å². The van der Waals surface area contributed by atoms with Crippen molar-refractivity contribution in [2.45, 2.75) is 20.0 Å². The number of carboxylic acid groups (broad SMARTS) is 1. The molecule has 0 atom stereocenters. The summed E-state index contributed by atoms with van der Waals surface area (Å²) in [4.78, 5) is 14.9. The van der Waals surface area contributed by atoms with E-state index in [0.717, 1.165) is 6.20 Å². The van der Waals surface area contributed by atoms with Crippen LogP contribution in [0.2, 0.25) is 0 Å². The molecule has 0 amide bonds. The molecule has 5 heteroatoms. The number of fused-ring (bicyclic) bond motifs is 1. The Hall–Kier alpha value is -2.30. The first kappa shape index (κ1) is 12.2. The van der Waals surface area contributed by atoms with Gasteiger partial charge in [0.05, 0.1) is 11.6 Å². The van der Waals surface area contributed by atoms with E-state index < -0.39 is 5.97 Å². The maximum atomic E-state index is 10.9.